The first-order chi connectivity index (χ1) is 13.3. The Morgan fingerprint density at radius 3 is 2.89 bits per heavy atom. The van der Waals surface area contributed by atoms with Gasteiger partial charge in [0.25, 0.3) is 11.8 Å². The van der Waals surface area contributed by atoms with Gasteiger partial charge in [-0.05, 0) is 38.5 Å². The third-order valence-corrected chi connectivity index (χ3v) is 6.31. The lowest BCUT2D eigenvalue weighted by Gasteiger charge is -2.29. The third-order valence-electron chi connectivity index (χ3n) is 4.81. The zero-order valence-corrected chi connectivity index (χ0v) is 16.6. The Morgan fingerprint density at radius 2 is 2.14 bits per heavy atom. The fourth-order valence-corrected chi connectivity index (χ4v) is 4.84. The zero-order valence-electron chi connectivity index (χ0n) is 15.8. The Hall–Kier alpha value is -2.55. The highest BCUT2D eigenvalue weighted by molar-refractivity contribution is 8.01. The Bertz CT molecular complexity index is 815. The van der Waals surface area contributed by atoms with Gasteiger partial charge in [0.1, 0.15) is 6.04 Å². The van der Waals surface area contributed by atoms with Crippen molar-refractivity contribution < 1.29 is 23.9 Å². The Balaban J connectivity index is 1.53. The molecule has 2 saturated heterocycles. The Morgan fingerprint density at radius 1 is 1.36 bits per heavy atom. The number of carbonyl (C=O) groups excluding carboxylic acids is 4. The van der Waals surface area contributed by atoms with Crippen molar-refractivity contribution in [3.8, 4) is 0 Å². The maximum atomic E-state index is 12.4. The van der Waals surface area contributed by atoms with Gasteiger partial charge >= 0.3 is 5.97 Å². The molecule has 1 aromatic rings. The normalized spacial score (nSPS) is 23.3. The molecule has 9 heteroatoms. The van der Waals surface area contributed by atoms with Crippen molar-refractivity contribution in [3.63, 3.8) is 0 Å². The smallest absolute Gasteiger partial charge is 0.330 e. The minimum Gasteiger partial charge on any atom is -0.454 e. The van der Waals surface area contributed by atoms with Crippen molar-refractivity contribution in [2.45, 2.75) is 37.6 Å². The van der Waals surface area contributed by atoms with E-state index in [0.29, 0.717) is 36.4 Å². The van der Waals surface area contributed by atoms with E-state index < -0.39 is 24.5 Å². The number of ether oxygens (including phenoxy) is 1. The molecule has 2 aliphatic rings. The topological polar surface area (TPSA) is 105 Å². The maximum Gasteiger partial charge on any atom is 0.330 e. The van der Waals surface area contributed by atoms with Crippen LogP contribution in [0.25, 0.3) is 0 Å². The van der Waals surface area contributed by atoms with E-state index in [1.165, 1.54) is 0 Å². The first-order valence-electron chi connectivity index (χ1n) is 9.15. The number of nitrogens with zero attached hydrogens (tertiary/aromatic N) is 1. The van der Waals surface area contributed by atoms with Crippen molar-refractivity contribution in [3.05, 3.63) is 29.8 Å². The van der Waals surface area contributed by atoms with Crippen LogP contribution in [0.2, 0.25) is 0 Å². The van der Waals surface area contributed by atoms with Crippen LogP contribution in [0, 0.1) is 0 Å². The molecule has 2 atom stereocenters. The van der Waals surface area contributed by atoms with Gasteiger partial charge in [0.15, 0.2) is 6.61 Å². The summed E-state index contributed by atoms with van der Waals surface area (Å²) in [4.78, 5) is 49.7. The summed E-state index contributed by atoms with van der Waals surface area (Å²) in [5.41, 5.74) is 0.856. The number of rotatable bonds is 6. The molecule has 0 aliphatic carbocycles. The molecule has 2 heterocycles. The first kappa shape index (κ1) is 20.2. The largest absolute Gasteiger partial charge is 0.454 e. The van der Waals surface area contributed by atoms with Gasteiger partial charge in [0.2, 0.25) is 5.91 Å². The molecule has 0 spiro atoms. The van der Waals surface area contributed by atoms with Crippen LogP contribution in [0.3, 0.4) is 0 Å². The van der Waals surface area contributed by atoms with Crippen LogP contribution < -0.4 is 10.6 Å². The summed E-state index contributed by atoms with van der Waals surface area (Å²) in [7, 11) is 0. The van der Waals surface area contributed by atoms with Crippen LogP contribution in [-0.2, 0) is 19.1 Å². The number of benzene rings is 1. The van der Waals surface area contributed by atoms with Crippen LogP contribution >= 0.6 is 11.8 Å². The number of fused-ring (bicyclic) bond motifs is 1. The molecule has 0 unspecified atom stereocenters. The van der Waals surface area contributed by atoms with E-state index in [1.54, 1.807) is 40.9 Å². The number of hydrogen-bond donors (Lipinski definition) is 2. The molecule has 3 rings (SSSR count). The SMILES string of the molecule is CCNC(=O)c1cccc(NC(=O)COC(=O)[C@@H]2CS[C@@]3(C)CCC(=O)N23)c1. The quantitative estimate of drug-likeness (QED) is 0.693. The number of amides is 3. The van der Waals surface area contributed by atoms with Crippen molar-refractivity contribution in [2.75, 3.05) is 24.2 Å². The summed E-state index contributed by atoms with van der Waals surface area (Å²) in [5.74, 6) is -0.902. The lowest BCUT2D eigenvalue weighted by Crippen LogP contribution is -2.47. The summed E-state index contributed by atoms with van der Waals surface area (Å²) in [5, 5.41) is 5.29. The second-order valence-electron chi connectivity index (χ2n) is 6.86. The van der Waals surface area contributed by atoms with Crippen LogP contribution in [0.4, 0.5) is 5.69 Å². The number of carbonyl (C=O) groups is 4. The van der Waals surface area contributed by atoms with Crippen LogP contribution in [0.1, 0.15) is 37.0 Å². The predicted molar refractivity (Wildman–Crippen MR) is 105 cm³/mol. The maximum absolute atomic E-state index is 12.4. The average Bonchev–Trinajstić information content (AvgIpc) is 3.16. The van der Waals surface area contributed by atoms with E-state index in [4.69, 9.17) is 4.74 Å². The fraction of sp³-hybridized carbons (Fsp3) is 0.474. The Labute approximate surface area is 167 Å². The summed E-state index contributed by atoms with van der Waals surface area (Å²) < 4.78 is 5.14. The van der Waals surface area contributed by atoms with Crippen LogP contribution in [0.15, 0.2) is 24.3 Å². The standard InChI is InChI=1S/C19H23N3O5S/c1-3-20-17(25)12-5-4-6-13(9-12)21-15(23)10-27-18(26)14-11-28-19(2)8-7-16(24)22(14)19/h4-6,9,14H,3,7-8,10-11H2,1-2H3,(H,20,25)(H,21,23)/t14-,19-/m0/s1. The average molecular weight is 405 g/mol. The van der Waals surface area contributed by atoms with Gasteiger partial charge in [-0.2, -0.15) is 0 Å². The molecule has 0 radical (unpaired) electrons. The number of nitrogens with one attached hydrogen (secondary N) is 2. The number of hydrogen-bond acceptors (Lipinski definition) is 6. The summed E-state index contributed by atoms with van der Waals surface area (Å²) in [6, 6.07) is 5.83. The van der Waals surface area contributed by atoms with E-state index in [2.05, 4.69) is 10.6 Å². The van der Waals surface area contributed by atoms with Crippen molar-refractivity contribution in [1.29, 1.82) is 0 Å². The van der Waals surface area contributed by atoms with E-state index in [9.17, 15) is 19.2 Å². The molecular weight excluding hydrogens is 382 g/mol. The molecule has 0 saturated carbocycles. The molecule has 8 nitrogen and oxygen atoms in total. The summed E-state index contributed by atoms with van der Waals surface area (Å²) in [6.07, 6.45) is 1.14. The summed E-state index contributed by atoms with van der Waals surface area (Å²) >= 11 is 1.57. The Kier molecular flexibility index (Phi) is 5.93. The molecular formula is C19H23N3O5S. The monoisotopic (exact) mass is 405 g/mol. The molecule has 0 aromatic heterocycles. The lowest BCUT2D eigenvalue weighted by molar-refractivity contribution is -0.155. The van der Waals surface area contributed by atoms with E-state index in [1.807, 2.05) is 13.8 Å². The van der Waals surface area contributed by atoms with Gasteiger partial charge in [0.05, 0.1) is 4.87 Å². The van der Waals surface area contributed by atoms with Gasteiger partial charge in [-0.3, -0.25) is 14.4 Å². The molecule has 0 bridgehead atoms. The van der Waals surface area contributed by atoms with Gasteiger partial charge in [-0.1, -0.05) is 6.07 Å². The lowest BCUT2D eigenvalue weighted by atomic mass is 10.2. The number of thioether (sulfide) groups is 1. The van der Waals surface area contributed by atoms with E-state index in [-0.39, 0.29) is 16.7 Å². The number of anilines is 1. The first-order valence-corrected chi connectivity index (χ1v) is 10.1. The molecule has 150 valence electrons. The molecule has 2 fully saturated rings. The second kappa shape index (κ2) is 8.22. The van der Waals surface area contributed by atoms with Crippen molar-refractivity contribution in [1.82, 2.24) is 10.2 Å². The molecule has 28 heavy (non-hydrogen) atoms. The second-order valence-corrected chi connectivity index (χ2v) is 8.36. The van der Waals surface area contributed by atoms with Gasteiger partial charge in [-0.15, -0.1) is 11.8 Å². The van der Waals surface area contributed by atoms with Crippen molar-refractivity contribution >= 4 is 41.1 Å². The molecule has 3 amide bonds. The minimum absolute atomic E-state index is 0.0546. The molecule has 2 N–H and O–H groups in total. The fourth-order valence-electron chi connectivity index (χ4n) is 3.43. The van der Waals surface area contributed by atoms with Gasteiger partial charge < -0.3 is 20.3 Å². The number of esters is 1. The van der Waals surface area contributed by atoms with Gasteiger partial charge in [0, 0.05) is 30.0 Å². The molecule has 2 aliphatic heterocycles. The van der Waals surface area contributed by atoms with E-state index in [0.717, 1.165) is 0 Å². The summed E-state index contributed by atoms with van der Waals surface area (Å²) in [6.45, 7) is 3.82. The van der Waals surface area contributed by atoms with Crippen molar-refractivity contribution in [2.24, 2.45) is 0 Å². The molecule has 1 aromatic carbocycles. The predicted octanol–water partition coefficient (Wildman–Crippen LogP) is 1.37. The highest BCUT2D eigenvalue weighted by Gasteiger charge is 2.53. The highest BCUT2D eigenvalue weighted by atomic mass is 32.2. The van der Waals surface area contributed by atoms with Crippen LogP contribution in [0.5, 0.6) is 0 Å². The van der Waals surface area contributed by atoms with Crippen LogP contribution in [-0.4, -0.2) is 58.4 Å². The zero-order chi connectivity index (χ0) is 20.3. The highest BCUT2D eigenvalue weighted by Crippen LogP contribution is 2.47. The van der Waals surface area contributed by atoms with E-state index >= 15 is 0 Å². The third kappa shape index (κ3) is 4.14. The van der Waals surface area contributed by atoms with Gasteiger partial charge in [-0.25, -0.2) is 4.79 Å². The minimum atomic E-state index is -0.654.